The van der Waals surface area contributed by atoms with Crippen molar-refractivity contribution >= 4 is 6.03 Å². The second kappa shape index (κ2) is 6.67. The first-order chi connectivity index (χ1) is 7.26. The van der Waals surface area contributed by atoms with Crippen molar-refractivity contribution in [2.45, 2.75) is 39.2 Å². The molecule has 1 heterocycles. The number of carbonyl (C=O) groups excluding carboxylic acids is 1. The minimum Gasteiger partial charge on any atom is -0.338 e. The van der Waals surface area contributed by atoms with Gasteiger partial charge in [-0.1, -0.05) is 13.8 Å². The van der Waals surface area contributed by atoms with Crippen molar-refractivity contribution in [1.29, 1.82) is 0 Å². The van der Waals surface area contributed by atoms with Gasteiger partial charge in [0.15, 0.2) is 0 Å². The molecule has 1 saturated heterocycles. The van der Waals surface area contributed by atoms with Crippen molar-refractivity contribution in [3.8, 4) is 0 Å². The molecule has 88 valence electrons. The van der Waals surface area contributed by atoms with Crippen LogP contribution in [-0.2, 0) is 0 Å². The van der Waals surface area contributed by atoms with Gasteiger partial charge in [-0.2, -0.15) is 0 Å². The number of urea groups is 1. The van der Waals surface area contributed by atoms with Gasteiger partial charge in [0.05, 0.1) is 0 Å². The zero-order chi connectivity index (χ0) is 11.1. The molecule has 1 fully saturated rings. The molecule has 0 saturated carbocycles. The molecular weight excluding hydrogens is 190 g/mol. The van der Waals surface area contributed by atoms with Crippen molar-refractivity contribution in [2.24, 2.45) is 0 Å². The van der Waals surface area contributed by atoms with Gasteiger partial charge in [0, 0.05) is 25.7 Å². The minimum atomic E-state index is -0.00759. The van der Waals surface area contributed by atoms with E-state index in [1.54, 1.807) is 0 Å². The van der Waals surface area contributed by atoms with E-state index in [1.807, 2.05) is 0 Å². The molecule has 1 aliphatic heterocycles. The smallest absolute Gasteiger partial charge is 0.315 e. The number of piperidine rings is 1. The van der Waals surface area contributed by atoms with Crippen LogP contribution in [0.15, 0.2) is 0 Å². The van der Waals surface area contributed by atoms with E-state index in [0.29, 0.717) is 6.04 Å². The quantitative estimate of drug-likeness (QED) is 0.736. The van der Waals surface area contributed by atoms with Gasteiger partial charge >= 0.3 is 6.03 Å². The molecule has 15 heavy (non-hydrogen) atoms. The number of carbonyl (C=O) groups is 1. The lowest BCUT2D eigenvalue weighted by Gasteiger charge is -2.31. The summed E-state index contributed by atoms with van der Waals surface area (Å²) in [6.45, 7) is 8.33. The topological polar surface area (TPSA) is 44.4 Å². The zero-order valence-corrected chi connectivity index (χ0v) is 9.88. The van der Waals surface area contributed by atoms with Gasteiger partial charge in [-0.3, -0.25) is 0 Å². The van der Waals surface area contributed by atoms with E-state index in [0.717, 1.165) is 45.4 Å². The zero-order valence-electron chi connectivity index (χ0n) is 9.88. The Morgan fingerprint density at radius 2 is 2.00 bits per heavy atom. The van der Waals surface area contributed by atoms with Gasteiger partial charge in [0.25, 0.3) is 0 Å². The molecule has 0 radical (unpaired) electrons. The minimum absolute atomic E-state index is 0.00759. The van der Waals surface area contributed by atoms with Gasteiger partial charge in [-0.15, -0.1) is 0 Å². The number of hydrogen-bond donors (Lipinski definition) is 2. The third kappa shape index (κ3) is 4.51. The maximum absolute atomic E-state index is 11.4. The molecule has 1 rings (SSSR count). The van der Waals surface area contributed by atoms with E-state index in [2.05, 4.69) is 29.4 Å². The molecule has 0 spiro atoms. The highest BCUT2D eigenvalue weighted by Gasteiger charge is 2.18. The van der Waals surface area contributed by atoms with Crippen LogP contribution < -0.4 is 10.6 Å². The van der Waals surface area contributed by atoms with Crippen LogP contribution in [0.1, 0.15) is 33.1 Å². The summed E-state index contributed by atoms with van der Waals surface area (Å²) in [5.74, 6) is 0. The first kappa shape index (κ1) is 12.3. The van der Waals surface area contributed by atoms with Crippen molar-refractivity contribution in [2.75, 3.05) is 26.2 Å². The average molecular weight is 213 g/mol. The molecule has 2 N–H and O–H groups in total. The summed E-state index contributed by atoms with van der Waals surface area (Å²) < 4.78 is 0. The van der Waals surface area contributed by atoms with E-state index >= 15 is 0 Å². The summed E-state index contributed by atoms with van der Waals surface area (Å²) >= 11 is 0. The Balaban J connectivity index is 2.15. The van der Waals surface area contributed by atoms with Crippen LogP contribution in [0, 0.1) is 0 Å². The Hall–Kier alpha value is -0.770. The Labute approximate surface area is 92.4 Å². The van der Waals surface area contributed by atoms with E-state index in [9.17, 15) is 4.79 Å². The van der Waals surface area contributed by atoms with Crippen molar-refractivity contribution < 1.29 is 4.79 Å². The summed E-state index contributed by atoms with van der Waals surface area (Å²) in [7, 11) is 0. The third-order valence-electron chi connectivity index (χ3n) is 2.91. The number of nitrogens with one attached hydrogen (secondary N) is 2. The van der Waals surface area contributed by atoms with Gasteiger partial charge in [0.1, 0.15) is 0 Å². The highest BCUT2D eigenvalue weighted by Crippen LogP contribution is 2.09. The normalized spacial score (nSPS) is 18.8. The maximum atomic E-state index is 11.4. The maximum Gasteiger partial charge on any atom is 0.315 e. The van der Waals surface area contributed by atoms with Gasteiger partial charge in [-0.05, 0) is 25.8 Å². The van der Waals surface area contributed by atoms with E-state index in [-0.39, 0.29) is 6.03 Å². The van der Waals surface area contributed by atoms with Gasteiger partial charge in [0.2, 0.25) is 0 Å². The van der Waals surface area contributed by atoms with E-state index in [1.165, 1.54) is 0 Å². The van der Waals surface area contributed by atoms with E-state index < -0.39 is 0 Å². The molecule has 4 heteroatoms. The number of amides is 2. The summed E-state index contributed by atoms with van der Waals surface area (Å²) in [4.78, 5) is 13.8. The Morgan fingerprint density at radius 3 is 2.53 bits per heavy atom. The SMILES string of the molecule is CCCNC(=O)NC1CCN(CC)CC1. The lowest BCUT2D eigenvalue weighted by molar-refractivity contribution is 0.198. The summed E-state index contributed by atoms with van der Waals surface area (Å²) in [5.41, 5.74) is 0. The van der Waals surface area contributed by atoms with Crippen LogP contribution in [0.4, 0.5) is 4.79 Å². The number of hydrogen-bond acceptors (Lipinski definition) is 2. The number of rotatable bonds is 4. The lowest BCUT2D eigenvalue weighted by Crippen LogP contribution is -2.47. The molecular formula is C11H23N3O. The fourth-order valence-corrected chi connectivity index (χ4v) is 1.87. The fraction of sp³-hybridized carbons (Fsp3) is 0.909. The summed E-state index contributed by atoms with van der Waals surface area (Å²) in [5, 5.41) is 5.86. The molecule has 0 aromatic heterocycles. The predicted octanol–water partition coefficient (Wildman–Crippen LogP) is 1.18. The average Bonchev–Trinajstić information content (AvgIpc) is 2.27. The van der Waals surface area contributed by atoms with Gasteiger partial charge < -0.3 is 15.5 Å². The fourth-order valence-electron chi connectivity index (χ4n) is 1.87. The highest BCUT2D eigenvalue weighted by molar-refractivity contribution is 5.74. The number of likely N-dealkylation sites (tertiary alicyclic amines) is 1. The Morgan fingerprint density at radius 1 is 1.33 bits per heavy atom. The van der Waals surface area contributed by atoms with Crippen LogP contribution in [0.3, 0.4) is 0 Å². The molecule has 2 amide bonds. The third-order valence-corrected chi connectivity index (χ3v) is 2.91. The second-order valence-electron chi connectivity index (χ2n) is 4.11. The molecule has 0 unspecified atom stereocenters. The first-order valence-corrected chi connectivity index (χ1v) is 6.03. The van der Waals surface area contributed by atoms with Crippen molar-refractivity contribution in [3.63, 3.8) is 0 Å². The molecule has 0 aromatic carbocycles. The largest absolute Gasteiger partial charge is 0.338 e. The lowest BCUT2D eigenvalue weighted by atomic mass is 10.1. The van der Waals surface area contributed by atoms with Crippen LogP contribution in [0.2, 0.25) is 0 Å². The molecule has 0 aliphatic carbocycles. The van der Waals surface area contributed by atoms with E-state index in [4.69, 9.17) is 0 Å². The molecule has 0 atom stereocenters. The Kier molecular flexibility index (Phi) is 5.47. The van der Waals surface area contributed by atoms with Crippen LogP contribution in [0.25, 0.3) is 0 Å². The van der Waals surface area contributed by atoms with Crippen molar-refractivity contribution in [3.05, 3.63) is 0 Å². The second-order valence-corrected chi connectivity index (χ2v) is 4.11. The highest BCUT2D eigenvalue weighted by atomic mass is 16.2. The number of nitrogens with zero attached hydrogens (tertiary/aromatic N) is 1. The van der Waals surface area contributed by atoms with Crippen LogP contribution >= 0.6 is 0 Å². The summed E-state index contributed by atoms with van der Waals surface area (Å²) in [6, 6.07) is 0.358. The molecule has 0 aromatic rings. The molecule has 0 bridgehead atoms. The van der Waals surface area contributed by atoms with Crippen molar-refractivity contribution in [1.82, 2.24) is 15.5 Å². The first-order valence-electron chi connectivity index (χ1n) is 6.03. The predicted molar refractivity (Wildman–Crippen MR) is 62.0 cm³/mol. The Bertz CT molecular complexity index is 188. The van der Waals surface area contributed by atoms with Gasteiger partial charge in [-0.25, -0.2) is 4.79 Å². The van der Waals surface area contributed by atoms with Crippen LogP contribution in [-0.4, -0.2) is 43.2 Å². The standard InChI is InChI=1S/C11H23N3O/c1-3-7-12-11(15)13-10-5-8-14(4-2)9-6-10/h10H,3-9H2,1-2H3,(H2,12,13,15). The summed E-state index contributed by atoms with van der Waals surface area (Å²) in [6.07, 6.45) is 3.14. The molecule has 1 aliphatic rings. The van der Waals surface area contributed by atoms with Crippen LogP contribution in [0.5, 0.6) is 0 Å². The molecule has 4 nitrogen and oxygen atoms in total. The monoisotopic (exact) mass is 213 g/mol.